The van der Waals surface area contributed by atoms with Crippen LogP contribution < -0.4 is 10.6 Å². The zero-order chi connectivity index (χ0) is 18.3. The number of nitrogens with zero attached hydrogens (tertiary/aromatic N) is 1. The Balaban J connectivity index is 1.94. The number of rotatable bonds is 5. The molecule has 1 aromatic carbocycles. The molecular formula is C17H24F3N3O2. The lowest BCUT2D eigenvalue weighted by atomic mass is 9.94. The van der Waals surface area contributed by atoms with E-state index in [0.29, 0.717) is 50.7 Å². The van der Waals surface area contributed by atoms with Crippen LogP contribution in [0, 0.1) is 0 Å². The fourth-order valence-corrected chi connectivity index (χ4v) is 2.49. The normalized spacial score (nSPS) is 18.0. The molecule has 5 nitrogen and oxygen atoms in total. The summed E-state index contributed by atoms with van der Waals surface area (Å²) >= 11 is 0. The molecule has 3 N–H and O–H groups in total. The van der Waals surface area contributed by atoms with Gasteiger partial charge in [0.1, 0.15) is 0 Å². The van der Waals surface area contributed by atoms with E-state index in [1.165, 1.54) is 12.1 Å². The summed E-state index contributed by atoms with van der Waals surface area (Å²) in [6.07, 6.45) is -3.23. The second-order valence-electron chi connectivity index (χ2n) is 6.08. The van der Waals surface area contributed by atoms with E-state index in [9.17, 15) is 18.3 Å². The number of nitrogens with one attached hydrogen (secondary N) is 2. The molecule has 25 heavy (non-hydrogen) atoms. The van der Waals surface area contributed by atoms with Gasteiger partial charge < -0.3 is 20.5 Å². The molecule has 0 bridgehead atoms. The molecule has 1 aromatic rings. The zero-order valence-electron chi connectivity index (χ0n) is 14.2. The molecule has 0 unspecified atom stereocenters. The summed E-state index contributed by atoms with van der Waals surface area (Å²) < 4.78 is 42.9. The lowest BCUT2D eigenvalue weighted by Gasteiger charge is -2.32. The van der Waals surface area contributed by atoms with Gasteiger partial charge >= 0.3 is 6.18 Å². The first kappa shape index (κ1) is 19.5. The van der Waals surface area contributed by atoms with Gasteiger partial charge in [0.2, 0.25) is 0 Å². The summed E-state index contributed by atoms with van der Waals surface area (Å²) in [6, 6.07) is 4.94. The number of aliphatic hydroxyl groups is 1. The van der Waals surface area contributed by atoms with Crippen LogP contribution in [0.1, 0.15) is 30.9 Å². The minimum absolute atomic E-state index is 0.245. The minimum atomic E-state index is -4.34. The SMILES string of the molecule is CCNC(=NCc1ccc(C(F)(F)F)cc1)NCC1(O)CCOCC1. The molecule has 1 heterocycles. The third kappa shape index (κ3) is 6.21. The predicted octanol–water partition coefficient (Wildman–Crippen LogP) is 2.30. The van der Waals surface area contributed by atoms with Gasteiger partial charge in [-0.05, 0) is 24.6 Å². The molecule has 2 rings (SSSR count). The number of hydrogen-bond donors (Lipinski definition) is 3. The average molecular weight is 359 g/mol. The lowest BCUT2D eigenvalue weighted by molar-refractivity contribution is -0.137. The maximum absolute atomic E-state index is 12.6. The Morgan fingerprint density at radius 2 is 1.84 bits per heavy atom. The highest BCUT2D eigenvalue weighted by molar-refractivity contribution is 5.79. The fraction of sp³-hybridized carbons (Fsp3) is 0.588. The number of halogens is 3. The molecule has 0 atom stereocenters. The third-order valence-corrected chi connectivity index (χ3v) is 4.05. The van der Waals surface area contributed by atoms with Crippen molar-refractivity contribution >= 4 is 5.96 Å². The van der Waals surface area contributed by atoms with Crippen LogP contribution in [0.25, 0.3) is 0 Å². The van der Waals surface area contributed by atoms with Gasteiger partial charge in [0.25, 0.3) is 0 Å². The average Bonchev–Trinajstić information content (AvgIpc) is 2.58. The van der Waals surface area contributed by atoms with Gasteiger partial charge in [-0.1, -0.05) is 12.1 Å². The summed E-state index contributed by atoms with van der Waals surface area (Å²) in [6.45, 7) is 4.19. The van der Waals surface area contributed by atoms with Crippen LogP contribution in [-0.2, 0) is 17.5 Å². The standard InChI is InChI=1S/C17H24F3N3O2/c1-2-21-15(23-12-16(24)7-9-25-10-8-16)22-11-13-3-5-14(6-4-13)17(18,19)20/h3-6,24H,2,7-12H2,1H3,(H2,21,22,23). The molecule has 1 saturated heterocycles. The molecule has 8 heteroatoms. The van der Waals surface area contributed by atoms with Crippen molar-refractivity contribution in [2.45, 2.75) is 38.1 Å². The van der Waals surface area contributed by atoms with Crippen molar-refractivity contribution in [2.24, 2.45) is 4.99 Å². The van der Waals surface area contributed by atoms with Crippen LogP contribution in [0.15, 0.2) is 29.3 Å². The molecule has 0 amide bonds. The number of hydrogen-bond acceptors (Lipinski definition) is 3. The zero-order valence-corrected chi connectivity index (χ0v) is 14.2. The Kier molecular flexibility index (Phi) is 6.66. The summed E-state index contributed by atoms with van der Waals surface area (Å²) in [5.74, 6) is 0.516. The van der Waals surface area contributed by atoms with Crippen LogP contribution in [-0.4, -0.2) is 43.0 Å². The number of ether oxygens (including phenoxy) is 1. The van der Waals surface area contributed by atoms with Crippen molar-refractivity contribution in [3.8, 4) is 0 Å². The van der Waals surface area contributed by atoms with Gasteiger partial charge in [0, 0.05) is 39.1 Å². The monoisotopic (exact) mass is 359 g/mol. The second kappa shape index (κ2) is 8.53. The largest absolute Gasteiger partial charge is 0.416 e. The van der Waals surface area contributed by atoms with Crippen molar-refractivity contribution < 1.29 is 23.0 Å². The van der Waals surface area contributed by atoms with Gasteiger partial charge in [-0.25, -0.2) is 4.99 Å². The number of aliphatic imine (C=N–C) groups is 1. The molecule has 1 fully saturated rings. The molecule has 1 aliphatic heterocycles. The summed E-state index contributed by atoms with van der Waals surface area (Å²) in [5, 5.41) is 16.6. The van der Waals surface area contributed by atoms with E-state index >= 15 is 0 Å². The van der Waals surface area contributed by atoms with Crippen LogP contribution in [0.5, 0.6) is 0 Å². The minimum Gasteiger partial charge on any atom is -0.388 e. The van der Waals surface area contributed by atoms with E-state index in [-0.39, 0.29) is 6.54 Å². The Hall–Kier alpha value is -1.80. The van der Waals surface area contributed by atoms with E-state index < -0.39 is 17.3 Å². The fourth-order valence-electron chi connectivity index (χ4n) is 2.49. The molecule has 0 spiro atoms. The molecule has 0 aliphatic carbocycles. The highest BCUT2D eigenvalue weighted by atomic mass is 19.4. The summed E-state index contributed by atoms with van der Waals surface area (Å²) in [7, 11) is 0. The highest BCUT2D eigenvalue weighted by Gasteiger charge is 2.30. The second-order valence-corrected chi connectivity index (χ2v) is 6.08. The van der Waals surface area contributed by atoms with Crippen molar-refractivity contribution in [1.82, 2.24) is 10.6 Å². The molecule has 1 aliphatic rings. The lowest BCUT2D eigenvalue weighted by Crippen LogP contribution is -2.49. The Labute approximate surface area is 145 Å². The molecule has 0 saturated carbocycles. The Bertz CT molecular complexity index is 567. The Morgan fingerprint density at radius 1 is 1.20 bits per heavy atom. The summed E-state index contributed by atoms with van der Waals surface area (Å²) in [5.41, 5.74) is -0.829. The number of guanidine groups is 1. The van der Waals surface area contributed by atoms with Gasteiger partial charge in [-0.3, -0.25) is 0 Å². The molecule has 0 radical (unpaired) electrons. The molecule has 0 aromatic heterocycles. The maximum Gasteiger partial charge on any atom is 0.416 e. The van der Waals surface area contributed by atoms with Crippen LogP contribution in [0.4, 0.5) is 13.2 Å². The predicted molar refractivity (Wildman–Crippen MR) is 89.3 cm³/mol. The van der Waals surface area contributed by atoms with E-state index in [1.54, 1.807) is 0 Å². The van der Waals surface area contributed by atoms with Crippen LogP contribution in [0.2, 0.25) is 0 Å². The van der Waals surface area contributed by atoms with Crippen LogP contribution in [0.3, 0.4) is 0 Å². The topological polar surface area (TPSA) is 65.9 Å². The Morgan fingerprint density at radius 3 is 2.40 bits per heavy atom. The van der Waals surface area contributed by atoms with E-state index in [2.05, 4.69) is 15.6 Å². The van der Waals surface area contributed by atoms with Gasteiger partial charge in [-0.2, -0.15) is 13.2 Å². The van der Waals surface area contributed by atoms with Crippen LogP contribution >= 0.6 is 0 Å². The first-order valence-corrected chi connectivity index (χ1v) is 8.31. The van der Waals surface area contributed by atoms with Crippen molar-refractivity contribution in [3.05, 3.63) is 35.4 Å². The van der Waals surface area contributed by atoms with Gasteiger partial charge in [0.15, 0.2) is 5.96 Å². The van der Waals surface area contributed by atoms with Crippen molar-refractivity contribution in [2.75, 3.05) is 26.3 Å². The highest BCUT2D eigenvalue weighted by Crippen LogP contribution is 2.29. The first-order valence-electron chi connectivity index (χ1n) is 8.31. The van der Waals surface area contributed by atoms with Crippen molar-refractivity contribution in [3.63, 3.8) is 0 Å². The van der Waals surface area contributed by atoms with Gasteiger partial charge in [-0.15, -0.1) is 0 Å². The van der Waals surface area contributed by atoms with Gasteiger partial charge in [0.05, 0.1) is 17.7 Å². The van der Waals surface area contributed by atoms with E-state index in [1.807, 2.05) is 6.92 Å². The smallest absolute Gasteiger partial charge is 0.388 e. The summed E-state index contributed by atoms with van der Waals surface area (Å²) in [4.78, 5) is 4.36. The molecule has 140 valence electrons. The first-order chi connectivity index (χ1) is 11.8. The maximum atomic E-state index is 12.6. The number of alkyl halides is 3. The van der Waals surface area contributed by atoms with E-state index in [0.717, 1.165) is 12.1 Å². The quantitative estimate of drug-likeness (QED) is 0.558. The molecular weight excluding hydrogens is 335 g/mol. The number of benzene rings is 1. The van der Waals surface area contributed by atoms with Crippen molar-refractivity contribution in [1.29, 1.82) is 0 Å². The van der Waals surface area contributed by atoms with E-state index in [4.69, 9.17) is 4.74 Å². The third-order valence-electron chi connectivity index (χ3n) is 4.05.